The molecule has 0 unspecified atom stereocenters. The molecule has 0 bridgehead atoms. The summed E-state index contributed by atoms with van der Waals surface area (Å²) in [5, 5.41) is 4.70. The fourth-order valence-electron chi connectivity index (χ4n) is 7.60. The van der Waals surface area contributed by atoms with E-state index in [-0.39, 0.29) is 0 Å². The molecule has 198 valence electrons. The number of benzene rings is 3. The highest BCUT2D eigenvalue weighted by molar-refractivity contribution is 6.94. The van der Waals surface area contributed by atoms with Crippen LogP contribution in [-0.4, -0.2) is 8.07 Å². The first-order valence-electron chi connectivity index (χ1n) is 14.8. The minimum Gasteiger partial charge on any atom is -0.200 e. The van der Waals surface area contributed by atoms with Crippen LogP contribution in [0.4, 0.5) is 0 Å². The van der Waals surface area contributed by atoms with Crippen LogP contribution in [0, 0.1) is 6.92 Å². The van der Waals surface area contributed by atoms with Crippen LogP contribution in [0.15, 0.2) is 72.9 Å². The van der Waals surface area contributed by atoms with Crippen molar-refractivity contribution in [1.82, 2.24) is 0 Å². The molecule has 1 heterocycles. The monoisotopic (exact) mass is 520 g/mol. The van der Waals surface area contributed by atoms with E-state index in [0.29, 0.717) is 11.0 Å². The van der Waals surface area contributed by atoms with Crippen LogP contribution in [0.1, 0.15) is 77.3 Å². The molecule has 1 saturated carbocycles. The second-order valence-corrected chi connectivity index (χ2v) is 18.4. The highest BCUT2D eigenvalue weighted by Crippen LogP contribution is 2.43. The summed E-state index contributed by atoms with van der Waals surface area (Å²) in [6, 6.07) is 28.3. The zero-order valence-corrected chi connectivity index (χ0v) is 25.7. The van der Waals surface area contributed by atoms with Crippen molar-refractivity contribution < 1.29 is 4.57 Å². The van der Waals surface area contributed by atoms with Crippen LogP contribution in [0.25, 0.3) is 33.2 Å². The molecule has 1 aromatic heterocycles. The predicted octanol–water partition coefficient (Wildman–Crippen LogP) is 9.46. The van der Waals surface area contributed by atoms with Crippen LogP contribution in [0.3, 0.4) is 0 Å². The molecule has 0 spiro atoms. The fourth-order valence-corrected chi connectivity index (χ4v) is 12.7. The van der Waals surface area contributed by atoms with Gasteiger partial charge in [0.05, 0.1) is 19.0 Å². The Balaban J connectivity index is 1.75. The van der Waals surface area contributed by atoms with Crippen molar-refractivity contribution >= 4 is 24.0 Å². The van der Waals surface area contributed by atoms with E-state index in [0.717, 1.165) is 0 Å². The molecule has 1 nitrogen and oxygen atoms in total. The van der Waals surface area contributed by atoms with Gasteiger partial charge in [0.15, 0.2) is 6.20 Å². The van der Waals surface area contributed by atoms with E-state index in [1.165, 1.54) is 76.5 Å². The van der Waals surface area contributed by atoms with Gasteiger partial charge in [0, 0.05) is 6.07 Å². The Kier molecular flexibility index (Phi) is 7.39. The predicted molar refractivity (Wildman–Crippen MR) is 168 cm³/mol. The maximum absolute atomic E-state index is 2.55. The highest BCUT2D eigenvalue weighted by atomic mass is 28.3. The summed E-state index contributed by atoms with van der Waals surface area (Å²) < 4.78 is 2.35. The quantitative estimate of drug-likeness (QED) is 0.176. The highest BCUT2D eigenvalue weighted by Gasteiger charge is 2.42. The molecule has 0 N–H and O–H groups in total. The molecule has 1 fully saturated rings. The van der Waals surface area contributed by atoms with Gasteiger partial charge in [-0.1, -0.05) is 113 Å². The molecule has 1 aliphatic carbocycles. The number of pyridine rings is 1. The summed E-state index contributed by atoms with van der Waals surface area (Å²) in [7, 11) is 0.575. The number of aryl methyl sites for hydroxylation is 1. The first kappa shape index (κ1) is 26.9. The largest absolute Gasteiger partial charge is 0.220 e. The Morgan fingerprint density at radius 3 is 2.16 bits per heavy atom. The lowest BCUT2D eigenvalue weighted by Gasteiger charge is -2.42. The zero-order chi connectivity index (χ0) is 27.1. The molecule has 0 atom stereocenters. The first-order valence-corrected chi connectivity index (χ1v) is 17.2. The zero-order valence-electron chi connectivity index (χ0n) is 24.7. The summed E-state index contributed by atoms with van der Waals surface area (Å²) in [4.78, 5) is 0. The molecule has 3 aromatic carbocycles. The van der Waals surface area contributed by atoms with Crippen molar-refractivity contribution in [2.45, 2.75) is 90.3 Å². The molecular formula is C36H46NSi+. The van der Waals surface area contributed by atoms with Gasteiger partial charge in [-0.25, -0.2) is 4.57 Å². The fraction of sp³-hybridized carbons (Fsp3) is 0.417. The molecule has 38 heavy (non-hydrogen) atoms. The summed E-state index contributed by atoms with van der Waals surface area (Å²) in [5.74, 6) is 0.678. The normalized spacial score (nSPS) is 14.9. The third kappa shape index (κ3) is 4.55. The average Bonchev–Trinajstić information content (AvgIpc) is 3.45. The van der Waals surface area contributed by atoms with Gasteiger partial charge in [-0.15, -0.1) is 0 Å². The summed E-state index contributed by atoms with van der Waals surface area (Å²) >= 11 is 0. The van der Waals surface area contributed by atoms with Crippen molar-refractivity contribution in [2.75, 3.05) is 0 Å². The molecule has 1 aliphatic rings. The van der Waals surface area contributed by atoms with Crippen LogP contribution < -0.4 is 9.75 Å². The molecule has 0 saturated heterocycles. The molecule has 0 amide bonds. The molecular weight excluding hydrogens is 474 g/mol. The first-order chi connectivity index (χ1) is 18.2. The van der Waals surface area contributed by atoms with Gasteiger partial charge in [-0.3, -0.25) is 0 Å². The summed E-state index contributed by atoms with van der Waals surface area (Å²) in [6.45, 7) is 14.6. The Morgan fingerprint density at radius 1 is 0.842 bits per heavy atom. The third-order valence-electron chi connectivity index (χ3n) is 9.94. The van der Waals surface area contributed by atoms with Gasteiger partial charge < -0.3 is 0 Å². The second kappa shape index (κ2) is 10.5. The Morgan fingerprint density at radius 2 is 1.53 bits per heavy atom. The second-order valence-electron chi connectivity index (χ2n) is 12.7. The SMILES string of the molecule is CC[Si](CC)(c1ccc2c(-c3cc(-c4ccccc4)cc(C4CCCC4)c3C)[n+](C)ccc2c1)C(C)(C)C. The molecule has 2 heteroatoms. The van der Waals surface area contributed by atoms with E-state index in [2.05, 4.69) is 126 Å². The van der Waals surface area contributed by atoms with E-state index in [1.54, 1.807) is 10.8 Å². The maximum Gasteiger partial charge on any atom is 0.220 e. The standard InChI is InChI=1S/C36H46NSi/c1-8-38(9-2,36(4,5)6)31-19-20-32-29(23-31)21-22-37(7)35(32)34-25-30(27-15-11-10-12-16-27)24-33(26(34)3)28-17-13-14-18-28/h10-12,15-16,19-25,28H,8-9,13-14,17-18H2,1-7H3/q+1. The topological polar surface area (TPSA) is 3.88 Å². The number of hydrogen-bond acceptors (Lipinski definition) is 0. The van der Waals surface area contributed by atoms with Crippen molar-refractivity contribution in [3.05, 3.63) is 84.1 Å². The van der Waals surface area contributed by atoms with Crippen LogP contribution >= 0.6 is 0 Å². The van der Waals surface area contributed by atoms with Gasteiger partial charge in [-0.05, 0) is 70.5 Å². The third-order valence-corrected chi connectivity index (χ3v) is 16.6. The average molecular weight is 521 g/mol. The lowest BCUT2D eigenvalue weighted by Crippen LogP contribution is -2.53. The Labute approximate surface area is 232 Å². The van der Waals surface area contributed by atoms with Crippen molar-refractivity contribution in [1.29, 1.82) is 0 Å². The number of aromatic nitrogens is 1. The summed E-state index contributed by atoms with van der Waals surface area (Å²) in [5.41, 5.74) is 8.41. The van der Waals surface area contributed by atoms with Crippen molar-refractivity contribution in [3.8, 4) is 22.4 Å². The minimum atomic E-state index is -1.65. The number of fused-ring (bicyclic) bond motifs is 1. The van der Waals surface area contributed by atoms with E-state index in [4.69, 9.17) is 0 Å². The van der Waals surface area contributed by atoms with Gasteiger partial charge in [0.1, 0.15) is 7.05 Å². The van der Waals surface area contributed by atoms with Gasteiger partial charge in [0.25, 0.3) is 0 Å². The summed E-state index contributed by atoms with van der Waals surface area (Å²) in [6.07, 6.45) is 7.62. The molecule has 0 radical (unpaired) electrons. The lowest BCUT2D eigenvalue weighted by molar-refractivity contribution is -0.659. The van der Waals surface area contributed by atoms with Crippen molar-refractivity contribution in [2.24, 2.45) is 7.05 Å². The van der Waals surface area contributed by atoms with Gasteiger partial charge in [-0.2, -0.15) is 0 Å². The van der Waals surface area contributed by atoms with E-state index in [9.17, 15) is 0 Å². The lowest BCUT2D eigenvalue weighted by atomic mass is 9.85. The van der Waals surface area contributed by atoms with Gasteiger partial charge >= 0.3 is 0 Å². The van der Waals surface area contributed by atoms with E-state index >= 15 is 0 Å². The number of rotatable bonds is 6. The number of hydrogen-bond donors (Lipinski definition) is 0. The molecule has 4 aromatic rings. The molecule has 0 aliphatic heterocycles. The Hall–Kier alpha value is -2.71. The van der Waals surface area contributed by atoms with Gasteiger partial charge in [0.2, 0.25) is 5.69 Å². The molecule has 5 rings (SSSR count). The Bertz CT molecular complexity index is 1430. The smallest absolute Gasteiger partial charge is 0.200 e. The number of nitrogens with zero attached hydrogens (tertiary/aromatic N) is 1. The van der Waals surface area contributed by atoms with Crippen LogP contribution in [-0.2, 0) is 7.05 Å². The van der Waals surface area contributed by atoms with Crippen LogP contribution in [0.5, 0.6) is 0 Å². The van der Waals surface area contributed by atoms with E-state index in [1.807, 2.05) is 0 Å². The maximum atomic E-state index is 2.55. The van der Waals surface area contributed by atoms with E-state index < -0.39 is 8.07 Å². The van der Waals surface area contributed by atoms with Crippen molar-refractivity contribution in [3.63, 3.8) is 0 Å². The van der Waals surface area contributed by atoms with Crippen LogP contribution in [0.2, 0.25) is 17.1 Å². The minimum absolute atomic E-state index is 0.337.